The summed E-state index contributed by atoms with van der Waals surface area (Å²) >= 11 is 0. The highest BCUT2D eigenvalue weighted by atomic mass is 16.5. The van der Waals surface area contributed by atoms with Crippen LogP contribution in [0.15, 0.2) is 42.5 Å². The van der Waals surface area contributed by atoms with Gasteiger partial charge in [0.1, 0.15) is 5.75 Å². The molecule has 0 aromatic heterocycles. The number of methoxy groups -OCH3 is 1. The van der Waals surface area contributed by atoms with Crippen LogP contribution in [0.3, 0.4) is 0 Å². The molecule has 2 N–H and O–H groups in total. The Kier molecular flexibility index (Phi) is 4.07. The third kappa shape index (κ3) is 3.06. The van der Waals surface area contributed by atoms with Crippen molar-refractivity contribution in [3.8, 4) is 17.2 Å². The predicted molar refractivity (Wildman–Crippen MR) is 76.8 cm³/mol. The van der Waals surface area contributed by atoms with Crippen LogP contribution in [0.5, 0.6) is 17.2 Å². The fraction of sp³-hybridized carbons (Fsp3) is 0.250. The van der Waals surface area contributed by atoms with Gasteiger partial charge in [0.05, 0.1) is 7.11 Å². The molecule has 0 fully saturated rings. The highest BCUT2D eigenvalue weighted by Gasteiger charge is 2.11. The van der Waals surface area contributed by atoms with E-state index in [4.69, 9.17) is 15.2 Å². The minimum absolute atomic E-state index is 0.0763. The SMILES string of the molecule is COc1cc(C)ccc1Oc1ccccc1[C@@H](C)N. The minimum atomic E-state index is -0.0763. The number of rotatable bonds is 4. The predicted octanol–water partition coefficient (Wildman–Crippen LogP) is 3.82. The Bertz CT molecular complexity index is 564. The van der Waals surface area contributed by atoms with Crippen LogP contribution in [-0.2, 0) is 0 Å². The summed E-state index contributed by atoms with van der Waals surface area (Å²) in [5, 5.41) is 0. The van der Waals surface area contributed by atoms with E-state index in [1.165, 1.54) is 0 Å². The number of nitrogens with two attached hydrogens (primary N) is 1. The first-order chi connectivity index (χ1) is 9.11. The molecule has 0 unspecified atom stereocenters. The molecule has 0 bridgehead atoms. The number of para-hydroxylation sites is 1. The summed E-state index contributed by atoms with van der Waals surface area (Å²) in [6.07, 6.45) is 0. The molecule has 0 spiro atoms. The zero-order chi connectivity index (χ0) is 13.8. The Hall–Kier alpha value is -2.00. The zero-order valence-electron chi connectivity index (χ0n) is 11.5. The largest absolute Gasteiger partial charge is 0.493 e. The molecule has 2 rings (SSSR count). The van der Waals surface area contributed by atoms with Gasteiger partial charge in [-0.05, 0) is 37.6 Å². The first kappa shape index (κ1) is 13.4. The molecule has 3 heteroatoms. The van der Waals surface area contributed by atoms with Crippen molar-refractivity contribution in [2.75, 3.05) is 7.11 Å². The van der Waals surface area contributed by atoms with Crippen LogP contribution in [0.2, 0.25) is 0 Å². The maximum absolute atomic E-state index is 5.95. The number of hydrogen-bond donors (Lipinski definition) is 1. The highest BCUT2D eigenvalue weighted by Crippen LogP contribution is 2.34. The molecule has 0 aliphatic rings. The molecule has 0 saturated heterocycles. The summed E-state index contributed by atoms with van der Waals surface area (Å²) in [4.78, 5) is 0. The average Bonchev–Trinajstić information content (AvgIpc) is 2.41. The van der Waals surface area contributed by atoms with Gasteiger partial charge in [-0.1, -0.05) is 24.3 Å². The molecule has 0 amide bonds. The summed E-state index contributed by atoms with van der Waals surface area (Å²) < 4.78 is 11.3. The molecule has 0 aliphatic heterocycles. The van der Waals surface area contributed by atoms with E-state index in [-0.39, 0.29) is 6.04 Å². The van der Waals surface area contributed by atoms with Crippen molar-refractivity contribution in [2.24, 2.45) is 5.73 Å². The quantitative estimate of drug-likeness (QED) is 0.905. The van der Waals surface area contributed by atoms with Gasteiger partial charge in [0, 0.05) is 11.6 Å². The summed E-state index contributed by atoms with van der Waals surface area (Å²) in [7, 11) is 1.64. The summed E-state index contributed by atoms with van der Waals surface area (Å²) in [6, 6.07) is 13.5. The minimum Gasteiger partial charge on any atom is -0.493 e. The monoisotopic (exact) mass is 257 g/mol. The van der Waals surface area contributed by atoms with Gasteiger partial charge in [-0.2, -0.15) is 0 Å². The van der Waals surface area contributed by atoms with Gasteiger partial charge in [0.25, 0.3) is 0 Å². The molecule has 0 saturated carbocycles. The van der Waals surface area contributed by atoms with Gasteiger partial charge in [0.15, 0.2) is 11.5 Å². The van der Waals surface area contributed by atoms with E-state index in [0.717, 1.165) is 22.6 Å². The zero-order valence-corrected chi connectivity index (χ0v) is 11.5. The van der Waals surface area contributed by atoms with Crippen molar-refractivity contribution in [2.45, 2.75) is 19.9 Å². The van der Waals surface area contributed by atoms with Crippen molar-refractivity contribution in [1.82, 2.24) is 0 Å². The lowest BCUT2D eigenvalue weighted by atomic mass is 10.1. The van der Waals surface area contributed by atoms with Gasteiger partial charge in [-0.3, -0.25) is 0 Å². The molecule has 100 valence electrons. The Balaban J connectivity index is 2.36. The van der Waals surface area contributed by atoms with Gasteiger partial charge in [-0.25, -0.2) is 0 Å². The Morgan fingerprint density at radius 2 is 1.74 bits per heavy atom. The van der Waals surface area contributed by atoms with Crippen LogP contribution < -0.4 is 15.2 Å². The van der Waals surface area contributed by atoms with E-state index in [1.54, 1.807) is 7.11 Å². The summed E-state index contributed by atoms with van der Waals surface area (Å²) in [5.41, 5.74) is 8.06. The molecule has 3 nitrogen and oxygen atoms in total. The van der Waals surface area contributed by atoms with E-state index in [2.05, 4.69) is 0 Å². The molecule has 1 atom stereocenters. The molecule has 2 aromatic rings. The van der Waals surface area contributed by atoms with Crippen LogP contribution in [0, 0.1) is 6.92 Å². The number of aryl methyl sites for hydroxylation is 1. The second-order valence-corrected chi connectivity index (χ2v) is 4.58. The Labute approximate surface area is 114 Å². The average molecular weight is 257 g/mol. The smallest absolute Gasteiger partial charge is 0.169 e. The maximum atomic E-state index is 5.95. The highest BCUT2D eigenvalue weighted by molar-refractivity contribution is 5.47. The van der Waals surface area contributed by atoms with E-state index >= 15 is 0 Å². The standard InChI is InChI=1S/C16H19NO2/c1-11-8-9-15(16(10-11)18-3)19-14-7-5-4-6-13(14)12(2)17/h4-10,12H,17H2,1-3H3/t12-/m1/s1. The topological polar surface area (TPSA) is 44.5 Å². The fourth-order valence-electron chi connectivity index (χ4n) is 1.93. The normalized spacial score (nSPS) is 12.0. The van der Waals surface area contributed by atoms with Gasteiger partial charge < -0.3 is 15.2 Å². The van der Waals surface area contributed by atoms with Crippen molar-refractivity contribution < 1.29 is 9.47 Å². The number of hydrogen-bond acceptors (Lipinski definition) is 3. The summed E-state index contributed by atoms with van der Waals surface area (Å²) in [5.74, 6) is 2.18. The van der Waals surface area contributed by atoms with E-state index in [0.29, 0.717) is 5.75 Å². The van der Waals surface area contributed by atoms with E-state index in [9.17, 15) is 0 Å². The van der Waals surface area contributed by atoms with Crippen LogP contribution in [0.4, 0.5) is 0 Å². The third-order valence-corrected chi connectivity index (χ3v) is 2.95. The molecule has 0 radical (unpaired) electrons. The first-order valence-electron chi connectivity index (χ1n) is 6.29. The lowest BCUT2D eigenvalue weighted by Gasteiger charge is -2.15. The van der Waals surface area contributed by atoms with Crippen LogP contribution in [0.25, 0.3) is 0 Å². The summed E-state index contributed by atoms with van der Waals surface area (Å²) in [6.45, 7) is 3.96. The van der Waals surface area contributed by atoms with Gasteiger partial charge in [-0.15, -0.1) is 0 Å². The lowest BCUT2D eigenvalue weighted by molar-refractivity contribution is 0.376. The Morgan fingerprint density at radius 1 is 1.00 bits per heavy atom. The van der Waals surface area contributed by atoms with Crippen molar-refractivity contribution >= 4 is 0 Å². The maximum Gasteiger partial charge on any atom is 0.169 e. The van der Waals surface area contributed by atoms with Crippen molar-refractivity contribution in [1.29, 1.82) is 0 Å². The third-order valence-electron chi connectivity index (χ3n) is 2.95. The molecular formula is C16H19NO2. The van der Waals surface area contributed by atoms with E-state index < -0.39 is 0 Å². The first-order valence-corrected chi connectivity index (χ1v) is 6.29. The van der Waals surface area contributed by atoms with Crippen LogP contribution >= 0.6 is 0 Å². The van der Waals surface area contributed by atoms with Crippen LogP contribution in [0.1, 0.15) is 24.1 Å². The lowest BCUT2D eigenvalue weighted by Crippen LogP contribution is -2.06. The second-order valence-electron chi connectivity index (χ2n) is 4.58. The molecular weight excluding hydrogens is 238 g/mol. The van der Waals surface area contributed by atoms with Crippen LogP contribution in [-0.4, -0.2) is 7.11 Å². The molecule has 0 aliphatic carbocycles. The number of ether oxygens (including phenoxy) is 2. The molecule has 2 aromatic carbocycles. The molecule has 19 heavy (non-hydrogen) atoms. The molecule has 0 heterocycles. The van der Waals surface area contributed by atoms with Gasteiger partial charge in [0.2, 0.25) is 0 Å². The van der Waals surface area contributed by atoms with E-state index in [1.807, 2.05) is 56.3 Å². The van der Waals surface area contributed by atoms with Crippen molar-refractivity contribution in [3.05, 3.63) is 53.6 Å². The fourth-order valence-corrected chi connectivity index (χ4v) is 1.93. The second kappa shape index (κ2) is 5.76. The van der Waals surface area contributed by atoms with Gasteiger partial charge >= 0.3 is 0 Å². The number of benzene rings is 2. The Morgan fingerprint density at radius 3 is 2.42 bits per heavy atom. The van der Waals surface area contributed by atoms with Crippen molar-refractivity contribution in [3.63, 3.8) is 0 Å².